The lowest BCUT2D eigenvalue weighted by molar-refractivity contribution is -0.126. The van der Waals surface area contributed by atoms with Gasteiger partial charge in [-0.05, 0) is 0 Å². The predicted molar refractivity (Wildman–Crippen MR) is 70.6 cm³/mol. The molecular weight excluding hydrogens is 270 g/mol. The number of likely N-dealkylation sites (N-methyl/N-ethyl adjacent to an activating group) is 1. The number of hydrogen-bond donors (Lipinski definition) is 1. The van der Waals surface area contributed by atoms with E-state index in [-0.39, 0.29) is 28.8 Å². The van der Waals surface area contributed by atoms with Gasteiger partial charge in [-0.2, -0.15) is 0 Å². The van der Waals surface area contributed by atoms with Crippen LogP contribution in [-0.4, -0.2) is 55.3 Å². The summed E-state index contributed by atoms with van der Waals surface area (Å²) in [5.74, 6) is -1.09. The van der Waals surface area contributed by atoms with Crippen LogP contribution < -0.4 is 5.32 Å². The maximum absolute atomic E-state index is 11.5. The third kappa shape index (κ3) is 3.75. The number of nitrogens with zero attached hydrogens (tertiary/aromatic N) is 2. The Morgan fingerprint density at radius 2 is 2.00 bits per heavy atom. The molecule has 0 aliphatic heterocycles. The lowest BCUT2D eigenvalue weighted by Crippen LogP contribution is -2.28. The number of carbonyl (C=O) groups is 3. The van der Waals surface area contributed by atoms with Crippen LogP contribution in [0.4, 0.5) is 5.13 Å². The van der Waals surface area contributed by atoms with Crippen LogP contribution >= 0.6 is 11.3 Å². The molecule has 8 heteroatoms. The SMILES string of the molecule is COC(=O)c1nc(NCC(=O)N(C)C)sc1C(C)=O. The first kappa shape index (κ1) is 15.1. The zero-order chi connectivity index (χ0) is 14.6. The summed E-state index contributed by atoms with van der Waals surface area (Å²) in [5.41, 5.74) is -0.0280. The monoisotopic (exact) mass is 285 g/mol. The van der Waals surface area contributed by atoms with E-state index in [0.29, 0.717) is 5.13 Å². The van der Waals surface area contributed by atoms with Crippen LogP contribution in [0.1, 0.15) is 27.1 Å². The van der Waals surface area contributed by atoms with Crippen molar-refractivity contribution >= 4 is 34.1 Å². The summed E-state index contributed by atoms with van der Waals surface area (Å²) in [6.07, 6.45) is 0. The summed E-state index contributed by atoms with van der Waals surface area (Å²) in [6.45, 7) is 1.38. The molecule has 1 heterocycles. The number of aromatic nitrogens is 1. The molecule has 0 radical (unpaired) electrons. The molecule has 0 atom stereocenters. The van der Waals surface area contributed by atoms with Crippen molar-refractivity contribution in [3.05, 3.63) is 10.6 Å². The standard InChI is InChI=1S/C11H15N3O4S/c1-6(15)9-8(10(17)18-4)13-11(19-9)12-5-7(16)14(2)3/h5H2,1-4H3,(H,12,13). The molecular formula is C11H15N3O4S. The number of ketones is 1. The van der Waals surface area contributed by atoms with Gasteiger partial charge in [-0.25, -0.2) is 9.78 Å². The highest BCUT2D eigenvalue weighted by Crippen LogP contribution is 2.24. The van der Waals surface area contributed by atoms with E-state index in [9.17, 15) is 14.4 Å². The number of anilines is 1. The number of rotatable bonds is 5. The van der Waals surface area contributed by atoms with Gasteiger partial charge in [0.05, 0.1) is 13.7 Å². The van der Waals surface area contributed by atoms with Gasteiger partial charge in [-0.15, -0.1) is 0 Å². The average Bonchev–Trinajstić information content (AvgIpc) is 2.79. The van der Waals surface area contributed by atoms with Crippen molar-refractivity contribution < 1.29 is 19.1 Å². The van der Waals surface area contributed by atoms with E-state index < -0.39 is 5.97 Å². The van der Waals surface area contributed by atoms with Crippen LogP contribution in [0.25, 0.3) is 0 Å². The van der Waals surface area contributed by atoms with E-state index in [0.717, 1.165) is 11.3 Å². The van der Waals surface area contributed by atoms with Gasteiger partial charge in [0.15, 0.2) is 16.6 Å². The zero-order valence-corrected chi connectivity index (χ0v) is 12.0. The van der Waals surface area contributed by atoms with Crippen molar-refractivity contribution in [2.24, 2.45) is 0 Å². The Morgan fingerprint density at radius 1 is 1.37 bits per heavy atom. The number of Topliss-reactive ketones (excluding diaryl/α,β-unsaturated/α-hetero) is 1. The molecule has 0 fully saturated rings. The second kappa shape index (κ2) is 6.28. The highest BCUT2D eigenvalue weighted by atomic mass is 32.1. The maximum Gasteiger partial charge on any atom is 0.358 e. The molecule has 0 aliphatic carbocycles. The van der Waals surface area contributed by atoms with Crippen LogP contribution in [0.3, 0.4) is 0 Å². The van der Waals surface area contributed by atoms with Gasteiger partial charge in [0.25, 0.3) is 0 Å². The molecule has 0 saturated heterocycles. The Kier molecular flexibility index (Phi) is 4.99. The highest BCUT2D eigenvalue weighted by Gasteiger charge is 2.22. The summed E-state index contributed by atoms with van der Waals surface area (Å²) in [7, 11) is 4.48. The van der Waals surface area contributed by atoms with Gasteiger partial charge < -0.3 is 15.0 Å². The predicted octanol–water partition coefficient (Wildman–Crippen LogP) is 0.632. The fourth-order valence-corrected chi connectivity index (χ4v) is 2.02. The lowest BCUT2D eigenvalue weighted by Gasteiger charge is -2.09. The minimum atomic E-state index is -0.673. The Morgan fingerprint density at radius 3 is 2.47 bits per heavy atom. The largest absolute Gasteiger partial charge is 0.464 e. The number of esters is 1. The summed E-state index contributed by atoms with van der Waals surface area (Å²) in [6, 6.07) is 0. The molecule has 0 unspecified atom stereocenters. The molecule has 0 aliphatic rings. The van der Waals surface area contributed by atoms with Gasteiger partial charge >= 0.3 is 5.97 Å². The Labute approximate surface area is 114 Å². The van der Waals surface area contributed by atoms with Crippen molar-refractivity contribution in [3.63, 3.8) is 0 Å². The van der Waals surface area contributed by atoms with Crippen molar-refractivity contribution in [2.75, 3.05) is 33.1 Å². The van der Waals surface area contributed by atoms with Gasteiger partial charge in [-0.1, -0.05) is 11.3 Å². The Balaban J connectivity index is 2.89. The van der Waals surface area contributed by atoms with Crippen molar-refractivity contribution in [1.29, 1.82) is 0 Å². The molecule has 1 N–H and O–H groups in total. The van der Waals surface area contributed by atoms with E-state index in [1.54, 1.807) is 14.1 Å². The highest BCUT2D eigenvalue weighted by molar-refractivity contribution is 7.17. The Hall–Kier alpha value is -1.96. The van der Waals surface area contributed by atoms with E-state index >= 15 is 0 Å². The van der Waals surface area contributed by atoms with Crippen LogP contribution in [0.2, 0.25) is 0 Å². The number of nitrogens with one attached hydrogen (secondary N) is 1. The normalized spacial score (nSPS) is 9.89. The minimum Gasteiger partial charge on any atom is -0.464 e. The average molecular weight is 285 g/mol. The smallest absolute Gasteiger partial charge is 0.358 e. The topological polar surface area (TPSA) is 88.6 Å². The number of amides is 1. The Bertz CT molecular complexity index is 510. The second-order valence-electron chi connectivity index (χ2n) is 3.89. The van der Waals surface area contributed by atoms with Crippen molar-refractivity contribution in [3.8, 4) is 0 Å². The van der Waals surface area contributed by atoms with Crippen LogP contribution in [0.5, 0.6) is 0 Å². The van der Waals surface area contributed by atoms with E-state index in [1.807, 2.05) is 0 Å². The van der Waals surface area contributed by atoms with Gasteiger partial charge in [0.1, 0.15) is 4.88 Å². The van der Waals surface area contributed by atoms with Crippen molar-refractivity contribution in [2.45, 2.75) is 6.92 Å². The molecule has 1 amide bonds. The number of methoxy groups -OCH3 is 1. The number of thiazole rings is 1. The van der Waals surface area contributed by atoms with E-state index in [4.69, 9.17) is 0 Å². The first-order chi connectivity index (χ1) is 8.86. The maximum atomic E-state index is 11.5. The zero-order valence-electron chi connectivity index (χ0n) is 11.1. The summed E-state index contributed by atoms with van der Waals surface area (Å²) in [5, 5.41) is 3.11. The van der Waals surface area contributed by atoms with E-state index in [2.05, 4.69) is 15.0 Å². The van der Waals surface area contributed by atoms with Crippen LogP contribution in [0.15, 0.2) is 0 Å². The van der Waals surface area contributed by atoms with Crippen LogP contribution in [0, 0.1) is 0 Å². The van der Waals surface area contributed by atoms with Gasteiger partial charge in [0, 0.05) is 21.0 Å². The number of carbonyl (C=O) groups excluding carboxylic acids is 3. The molecule has 1 aromatic rings. The molecule has 0 spiro atoms. The number of hydrogen-bond acceptors (Lipinski definition) is 7. The lowest BCUT2D eigenvalue weighted by atomic mass is 10.3. The second-order valence-corrected chi connectivity index (χ2v) is 4.89. The van der Waals surface area contributed by atoms with Crippen molar-refractivity contribution in [1.82, 2.24) is 9.88 Å². The van der Waals surface area contributed by atoms with E-state index in [1.165, 1.54) is 18.9 Å². The number of ether oxygens (including phenoxy) is 1. The molecule has 0 aromatic carbocycles. The molecule has 104 valence electrons. The van der Waals surface area contributed by atoms with Gasteiger partial charge in [-0.3, -0.25) is 9.59 Å². The summed E-state index contributed by atoms with van der Waals surface area (Å²) in [4.78, 5) is 39.9. The molecule has 1 aromatic heterocycles. The summed E-state index contributed by atoms with van der Waals surface area (Å²) < 4.78 is 4.55. The first-order valence-electron chi connectivity index (χ1n) is 5.41. The first-order valence-corrected chi connectivity index (χ1v) is 6.22. The molecule has 19 heavy (non-hydrogen) atoms. The quantitative estimate of drug-likeness (QED) is 0.630. The minimum absolute atomic E-state index is 0.0280. The van der Waals surface area contributed by atoms with Crippen LogP contribution in [-0.2, 0) is 9.53 Å². The fourth-order valence-electron chi connectivity index (χ4n) is 1.18. The molecule has 7 nitrogen and oxygen atoms in total. The fraction of sp³-hybridized carbons (Fsp3) is 0.455. The summed E-state index contributed by atoms with van der Waals surface area (Å²) >= 11 is 1.02. The third-order valence-electron chi connectivity index (χ3n) is 2.22. The van der Waals surface area contributed by atoms with Gasteiger partial charge in [0.2, 0.25) is 5.91 Å². The molecule has 0 saturated carbocycles. The third-order valence-corrected chi connectivity index (χ3v) is 3.33. The molecule has 1 rings (SSSR count). The molecule has 0 bridgehead atoms.